The van der Waals surface area contributed by atoms with Crippen molar-refractivity contribution in [2.75, 3.05) is 5.32 Å². The predicted molar refractivity (Wildman–Crippen MR) is 114 cm³/mol. The maximum atomic E-state index is 13.1. The monoisotopic (exact) mass is 486 g/mol. The lowest BCUT2D eigenvalue weighted by Crippen LogP contribution is -2.21. The van der Waals surface area contributed by atoms with Crippen LogP contribution in [-0.2, 0) is 17.9 Å². The van der Waals surface area contributed by atoms with Crippen molar-refractivity contribution in [3.05, 3.63) is 66.7 Å². The summed E-state index contributed by atoms with van der Waals surface area (Å²) in [6.07, 6.45) is -3.14. The third-order valence-corrected chi connectivity index (χ3v) is 5.45. The number of nitrogens with one attached hydrogen (secondary N) is 1. The van der Waals surface area contributed by atoms with Crippen molar-refractivity contribution >= 4 is 40.5 Å². The molecule has 0 aliphatic heterocycles. The molecule has 1 amide bonds. The van der Waals surface area contributed by atoms with Crippen LogP contribution in [0.25, 0.3) is 0 Å². The van der Waals surface area contributed by atoms with Gasteiger partial charge < -0.3 is 5.32 Å². The number of carbonyl (C=O) groups is 1. The van der Waals surface area contributed by atoms with Crippen LogP contribution in [0.4, 0.5) is 20.2 Å². The van der Waals surface area contributed by atoms with Crippen LogP contribution in [0, 0.1) is 30.9 Å². The maximum Gasteiger partial charge on any atom is 0.319 e. The minimum Gasteiger partial charge on any atom is -0.321 e. The van der Waals surface area contributed by atoms with Crippen LogP contribution >= 0.6 is 23.2 Å². The molecule has 1 aromatic carbocycles. The summed E-state index contributed by atoms with van der Waals surface area (Å²) >= 11 is 12.1. The number of hydrogen-bond acceptors (Lipinski definition) is 5. The molecule has 0 saturated heterocycles. The molecule has 0 radical (unpaired) electrons. The molecule has 2 aromatic heterocycles. The average molecular weight is 487 g/mol. The van der Waals surface area contributed by atoms with Crippen LogP contribution < -0.4 is 5.32 Å². The molecular formula is C19H18Cl2F2N6O3. The van der Waals surface area contributed by atoms with Crippen molar-refractivity contribution in [3.8, 4) is 0 Å². The smallest absolute Gasteiger partial charge is 0.319 e. The van der Waals surface area contributed by atoms with E-state index in [9.17, 15) is 23.7 Å². The molecule has 0 spiro atoms. The van der Waals surface area contributed by atoms with Crippen molar-refractivity contribution in [2.45, 2.75) is 40.3 Å². The molecule has 0 unspecified atom stereocenters. The van der Waals surface area contributed by atoms with Crippen molar-refractivity contribution in [1.29, 1.82) is 0 Å². The second kappa shape index (κ2) is 9.21. The van der Waals surface area contributed by atoms with Gasteiger partial charge in [0.1, 0.15) is 12.2 Å². The predicted octanol–water partition coefficient (Wildman–Crippen LogP) is 4.84. The van der Waals surface area contributed by atoms with Crippen LogP contribution in [0.2, 0.25) is 10.0 Å². The fourth-order valence-corrected chi connectivity index (χ4v) is 3.71. The number of nitrogens with zero attached hydrogens (tertiary/aromatic N) is 5. The Morgan fingerprint density at radius 2 is 1.88 bits per heavy atom. The molecule has 2 heterocycles. The number of benzene rings is 1. The minimum absolute atomic E-state index is 0.137. The van der Waals surface area contributed by atoms with Gasteiger partial charge in [-0.25, -0.2) is 8.78 Å². The van der Waals surface area contributed by atoms with E-state index in [1.165, 1.54) is 6.92 Å². The molecule has 1 N–H and O–H groups in total. The van der Waals surface area contributed by atoms with Gasteiger partial charge in [-0.3, -0.25) is 24.3 Å². The summed E-state index contributed by atoms with van der Waals surface area (Å²) in [6, 6.07) is 5.09. The molecule has 3 rings (SSSR count). The molecule has 0 atom stereocenters. The summed E-state index contributed by atoms with van der Waals surface area (Å²) in [6.45, 7) is 4.56. The second-order valence-corrected chi connectivity index (χ2v) is 7.87. The number of nitro groups is 1. The quantitative estimate of drug-likeness (QED) is 0.379. The van der Waals surface area contributed by atoms with Crippen LogP contribution in [-0.4, -0.2) is 30.4 Å². The van der Waals surface area contributed by atoms with E-state index in [1.807, 2.05) is 0 Å². The highest BCUT2D eigenvalue weighted by molar-refractivity contribution is 6.35. The van der Waals surface area contributed by atoms with Gasteiger partial charge in [-0.1, -0.05) is 29.3 Å². The molecule has 13 heteroatoms. The number of anilines is 1. The van der Waals surface area contributed by atoms with Gasteiger partial charge in [-0.15, -0.1) is 0 Å². The summed E-state index contributed by atoms with van der Waals surface area (Å²) < 4.78 is 28.7. The second-order valence-electron chi connectivity index (χ2n) is 7.02. The molecule has 9 nitrogen and oxygen atoms in total. The van der Waals surface area contributed by atoms with E-state index in [0.29, 0.717) is 33.7 Å². The Labute approximate surface area is 191 Å². The molecule has 32 heavy (non-hydrogen) atoms. The number of amides is 1. The fourth-order valence-electron chi connectivity index (χ4n) is 3.24. The van der Waals surface area contributed by atoms with E-state index in [2.05, 4.69) is 15.5 Å². The molecule has 0 bridgehead atoms. The number of rotatable bonds is 7. The first-order chi connectivity index (χ1) is 15.0. The Morgan fingerprint density at radius 1 is 1.19 bits per heavy atom. The van der Waals surface area contributed by atoms with E-state index in [1.54, 1.807) is 36.7 Å². The van der Waals surface area contributed by atoms with Crippen molar-refractivity contribution in [3.63, 3.8) is 0 Å². The third kappa shape index (κ3) is 4.73. The van der Waals surface area contributed by atoms with E-state index in [0.717, 1.165) is 10.2 Å². The van der Waals surface area contributed by atoms with Crippen molar-refractivity contribution in [2.24, 2.45) is 0 Å². The Morgan fingerprint density at radius 3 is 2.44 bits per heavy atom. The number of carbonyl (C=O) groups excluding carboxylic acids is 1. The van der Waals surface area contributed by atoms with Gasteiger partial charge in [0, 0.05) is 10.0 Å². The number of hydrogen-bond donors (Lipinski definition) is 1. The Kier molecular flexibility index (Phi) is 6.79. The normalized spacial score (nSPS) is 11.2. The standard InChI is InChI=1S/C19H18Cl2F2N6O3/c1-9-16(10(2)27(25-9)7-12-4-5-13(20)6-14(12)21)24-15(30)8-28-11(3)18(29(31)32)17(26-28)19(22)23/h4-6,19H,7-8H2,1-3H3,(H,24,30). The lowest BCUT2D eigenvalue weighted by Gasteiger charge is -2.09. The molecule has 0 saturated carbocycles. The molecule has 0 fully saturated rings. The van der Waals surface area contributed by atoms with Gasteiger partial charge in [-0.05, 0) is 38.5 Å². The zero-order valence-corrected chi connectivity index (χ0v) is 18.7. The molecule has 3 aromatic rings. The lowest BCUT2D eigenvalue weighted by molar-refractivity contribution is -0.386. The molecular weight excluding hydrogens is 469 g/mol. The van der Waals surface area contributed by atoms with Gasteiger partial charge in [0.2, 0.25) is 11.6 Å². The molecule has 0 aliphatic rings. The molecule has 0 aliphatic carbocycles. The first kappa shape index (κ1) is 23.6. The van der Waals surface area contributed by atoms with Crippen LogP contribution in [0.1, 0.15) is 34.8 Å². The highest BCUT2D eigenvalue weighted by Crippen LogP contribution is 2.31. The van der Waals surface area contributed by atoms with Crippen LogP contribution in [0.5, 0.6) is 0 Å². The zero-order chi connectivity index (χ0) is 23.7. The number of aryl methyl sites for hydroxylation is 1. The number of alkyl halides is 2. The third-order valence-electron chi connectivity index (χ3n) is 4.86. The summed E-state index contributed by atoms with van der Waals surface area (Å²) in [7, 11) is 0. The Bertz CT molecular complexity index is 1210. The summed E-state index contributed by atoms with van der Waals surface area (Å²) in [4.78, 5) is 22.7. The van der Waals surface area contributed by atoms with Crippen LogP contribution in [0.15, 0.2) is 18.2 Å². The highest BCUT2D eigenvalue weighted by Gasteiger charge is 2.31. The maximum absolute atomic E-state index is 13.1. The first-order valence-electron chi connectivity index (χ1n) is 9.27. The summed E-state index contributed by atoms with van der Waals surface area (Å²) in [5.74, 6) is -0.596. The lowest BCUT2D eigenvalue weighted by atomic mass is 10.2. The van der Waals surface area contributed by atoms with Crippen LogP contribution in [0.3, 0.4) is 0 Å². The Hall–Kier alpha value is -3.05. The topological polar surface area (TPSA) is 108 Å². The van der Waals surface area contributed by atoms with Gasteiger partial charge in [0.25, 0.3) is 6.43 Å². The van der Waals surface area contributed by atoms with Gasteiger partial charge >= 0.3 is 5.69 Å². The highest BCUT2D eigenvalue weighted by atomic mass is 35.5. The number of halogens is 4. The van der Waals surface area contributed by atoms with Crippen molar-refractivity contribution < 1.29 is 18.5 Å². The van der Waals surface area contributed by atoms with Crippen molar-refractivity contribution in [1.82, 2.24) is 19.6 Å². The number of aromatic nitrogens is 4. The summed E-state index contributed by atoms with van der Waals surface area (Å²) in [5, 5.41) is 22.7. The molecule has 170 valence electrons. The van der Waals surface area contributed by atoms with Gasteiger partial charge in [0.15, 0.2) is 0 Å². The Balaban J connectivity index is 1.80. The first-order valence-corrected chi connectivity index (χ1v) is 10.0. The largest absolute Gasteiger partial charge is 0.321 e. The van der Waals surface area contributed by atoms with Gasteiger partial charge in [-0.2, -0.15) is 10.2 Å². The van der Waals surface area contributed by atoms with E-state index < -0.39 is 35.2 Å². The average Bonchev–Trinajstić information content (AvgIpc) is 3.15. The van der Waals surface area contributed by atoms with E-state index >= 15 is 0 Å². The van der Waals surface area contributed by atoms with E-state index in [4.69, 9.17) is 23.2 Å². The van der Waals surface area contributed by atoms with Gasteiger partial charge in [0.05, 0.1) is 28.5 Å². The fraction of sp³-hybridized carbons (Fsp3) is 0.316. The SMILES string of the molecule is Cc1nn(Cc2ccc(Cl)cc2Cl)c(C)c1NC(=O)Cn1nc(C(F)F)c([N+](=O)[O-])c1C. The summed E-state index contributed by atoms with van der Waals surface area (Å²) in [5.41, 5.74) is 0.470. The minimum atomic E-state index is -3.14. The van der Waals surface area contributed by atoms with E-state index in [-0.39, 0.29) is 5.69 Å². The zero-order valence-electron chi connectivity index (χ0n) is 17.2.